The first-order valence-corrected chi connectivity index (χ1v) is 8.40. The second-order valence-electron chi connectivity index (χ2n) is 5.56. The van der Waals surface area contributed by atoms with Gasteiger partial charge in [-0.1, -0.05) is 13.8 Å². The summed E-state index contributed by atoms with van der Waals surface area (Å²) in [5, 5.41) is 8.98. The molecule has 0 aliphatic carbocycles. The van der Waals surface area contributed by atoms with E-state index < -0.39 is 32.4 Å². The molecule has 8 heteroatoms. The fourth-order valence-electron chi connectivity index (χ4n) is 2.15. The maximum absolute atomic E-state index is 13.1. The Hall–Kier alpha value is -1.12. The maximum Gasteiger partial charge on any atom is 0.240 e. The van der Waals surface area contributed by atoms with E-state index in [0.29, 0.717) is 30.9 Å². The molecule has 0 fully saturated rings. The Morgan fingerprint density at radius 3 is 2.18 bits per heavy atom. The van der Waals surface area contributed by atoms with Crippen molar-refractivity contribution in [3.63, 3.8) is 0 Å². The average Bonchev–Trinajstić information content (AvgIpc) is 2.41. The van der Waals surface area contributed by atoms with Crippen LogP contribution in [0.5, 0.6) is 0 Å². The molecule has 0 saturated heterocycles. The molecule has 4 nitrogen and oxygen atoms in total. The highest BCUT2D eigenvalue weighted by atomic mass is 32.2. The van der Waals surface area contributed by atoms with Crippen LogP contribution in [0.25, 0.3) is 0 Å². The summed E-state index contributed by atoms with van der Waals surface area (Å²) >= 11 is 0. The first kappa shape index (κ1) is 18.9. The first-order valence-electron chi connectivity index (χ1n) is 6.92. The Bertz CT molecular complexity index is 582. The molecule has 1 atom stereocenters. The van der Waals surface area contributed by atoms with E-state index in [-0.39, 0.29) is 19.1 Å². The van der Waals surface area contributed by atoms with Crippen molar-refractivity contribution in [3.05, 3.63) is 29.6 Å². The molecule has 126 valence electrons. The van der Waals surface area contributed by atoms with Gasteiger partial charge in [0.05, 0.1) is 4.90 Å². The largest absolute Gasteiger partial charge is 0.396 e. The summed E-state index contributed by atoms with van der Waals surface area (Å²) in [5.74, 6) is -4.63. The van der Waals surface area contributed by atoms with Crippen LogP contribution < -0.4 is 4.72 Å². The van der Waals surface area contributed by atoms with Gasteiger partial charge in [0.2, 0.25) is 10.0 Å². The molecular formula is C14H20F3NO3S. The Morgan fingerprint density at radius 2 is 1.73 bits per heavy atom. The van der Waals surface area contributed by atoms with Gasteiger partial charge in [-0.05, 0) is 36.8 Å². The van der Waals surface area contributed by atoms with Crippen molar-refractivity contribution < 1.29 is 26.7 Å². The minimum atomic E-state index is -4.15. The third-order valence-corrected chi connectivity index (χ3v) is 4.57. The predicted molar refractivity (Wildman–Crippen MR) is 76.2 cm³/mol. The van der Waals surface area contributed by atoms with E-state index in [1.165, 1.54) is 0 Å². The van der Waals surface area contributed by atoms with Crippen molar-refractivity contribution in [3.8, 4) is 0 Å². The summed E-state index contributed by atoms with van der Waals surface area (Å²) in [7, 11) is -4.15. The van der Waals surface area contributed by atoms with E-state index in [1.807, 2.05) is 13.8 Å². The summed E-state index contributed by atoms with van der Waals surface area (Å²) < 4.78 is 65.4. The Balaban J connectivity index is 2.86. The van der Waals surface area contributed by atoms with Crippen LogP contribution in [0.3, 0.4) is 0 Å². The van der Waals surface area contributed by atoms with Crippen molar-refractivity contribution >= 4 is 10.0 Å². The standard InChI is InChI=1S/C14H20F3NO3S/c1-9(2)5-10(3-4-19)8-18-22(20,21)11-6-12(15)14(17)13(16)7-11/h6-7,9-10,18-19H,3-5,8H2,1-2H3. The van der Waals surface area contributed by atoms with E-state index in [4.69, 9.17) is 5.11 Å². The van der Waals surface area contributed by atoms with Crippen LogP contribution in [0.1, 0.15) is 26.7 Å². The van der Waals surface area contributed by atoms with Crippen molar-refractivity contribution in [2.45, 2.75) is 31.6 Å². The highest BCUT2D eigenvalue weighted by molar-refractivity contribution is 7.89. The number of rotatable bonds is 8. The van der Waals surface area contributed by atoms with Gasteiger partial charge in [-0.3, -0.25) is 0 Å². The van der Waals surface area contributed by atoms with E-state index in [2.05, 4.69) is 4.72 Å². The number of halogens is 3. The zero-order valence-corrected chi connectivity index (χ0v) is 13.3. The molecule has 0 heterocycles. The molecular weight excluding hydrogens is 319 g/mol. The van der Waals surface area contributed by atoms with Crippen LogP contribution in [-0.2, 0) is 10.0 Å². The number of aliphatic hydroxyl groups is 1. The van der Waals surface area contributed by atoms with Crippen molar-refractivity contribution in [1.82, 2.24) is 4.72 Å². The third-order valence-electron chi connectivity index (χ3n) is 3.17. The number of nitrogens with one attached hydrogen (secondary N) is 1. The van der Waals surface area contributed by atoms with Crippen LogP contribution in [0.4, 0.5) is 13.2 Å². The molecule has 0 radical (unpaired) electrons. The van der Waals surface area contributed by atoms with Crippen LogP contribution in [-0.4, -0.2) is 26.7 Å². The second kappa shape index (κ2) is 7.94. The fraction of sp³-hybridized carbons (Fsp3) is 0.571. The lowest BCUT2D eigenvalue weighted by molar-refractivity contribution is 0.243. The first-order chi connectivity index (χ1) is 10.2. The molecule has 0 aliphatic heterocycles. The summed E-state index contributed by atoms with van der Waals surface area (Å²) in [6.07, 6.45) is 1.10. The molecule has 1 aromatic rings. The minimum absolute atomic E-state index is 0.0295. The third kappa shape index (κ3) is 5.26. The lowest BCUT2D eigenvalue weighted by Gasteiger charge is -2.18. The molecule has 1 aromatic carbocycles. The van der Waals surface area contributed by atoms with Gasteiger partial charge < -0.3 is 5.11 Å². The van der Waals surface area contributed by atoms with E-state index in [1.54, 1.807) is 0 Å². The van der Waals surface area contributed by atoms with E-state index in [0.717, 1.165) is 0 Å². The van der Waals surface area contributed by atoms with E-state index >= 15 is 0 Å². The SMILES string of the molecule is CC(C)CC(CCO)CNS(=O)(=O)c1cc(F)c(F)c(F)c1. The van der Waals surface area contributed by atoms with Gasteiger partial charge in [0, 0.05) is 13.2 Å². The normalized spacial score (nSPS) is 13.6. The van der Waals surface area contributed by atoms with Gasteiger partial charge in [-0.25, -0.2) is 26.3 Å². The Morgan fingerprint density at radius 1 is 1.18 bits per heavy atom. The van der Waals surface area contributed by atoms with Crippen LogP contribution >= 0.6 is 0 Å². The zero-order chi connectivity index (χ0) is 16.9. The average molecular weight is 339 g/mol. The number of aliphatic hydroxyl groups excluding tert-OH is 1. The highest BCUT2D eigenvalue weighted by Gasteiger charge is 2.21. The summed E-state index contributed by atoms with van der Waals surface area (Å²) in [6.45, 7) is 3.87. The molecule has 0 bridgehead atoms. The monoisotopic (exact) mass is 339 g/mol. The molecule has 0 aromatic heterocycles. The predicted octanol–water partition coefficient (Wildman–Crippen LogP) is 2.43. The summed E-state index contributed by atoms with van der Waals surface area (Å²) in [5.41, 5.74) is 0. The lowest BCUT2D eigenvalue weighted by atomic mass is 9.95. The molecule has 0 spiro atoms. The van der Waals surface area contributed by atoms with Crippen LogP contribution in [0, 0.1) is 29.3 Å². The molecule has 0 amide bonds. The topological polar surface area (TPSA) is 66.4 Å². The van der Waals surface area contributed by atoms with Crippen molar-refractivity contribution in [2.24, 2.45) is 11.8 Å². The zero-order valence-electron chi connectivity index (χ0n) is 12.4. The van der Waals surface area contributed by atoms with Gasteiger partial charge >= 0.3 is 0 Å². The van der Waals surface area contributed by atoms with Gasteiger partial charge in [0.15, 0.2) is 17.5 Å². The smallest absolute Gasteiger partial charge is 0.240 e. The van der Waals surface area contributed by atoms with Gasteiger partial charge in [-0.15, -0.1) is 0 Å². The molecule has 1 unspecified atom stereocenters. The van der Waals surface area contributed by atoms with Crippen molar-refractivity contribution in [1.29, 1.82) is 0 Å². The Kier molecular flexibility index (Phi) is 6.83. The van der Waals surface area contributed by atoms with E-state index in [9.17, 15) is 21.6 Å². The molecule has 1 rings (SSSR count). The van der Waals surface area contributed by atoms with Gasteiger partial charge in [0.1, 0.15) is 0 Å². The quantitative estimate of drug-likeness (QED) is 0.715. The lowest BCUT2D eigenvalue weighted by Crippen LogP contribution is -2.30. The Labute approximate surface area is 128 Å². The fourth-order valence-corrected chi connectivity index (χ4v) is 3.29. The molecule has 0 aliphatic rings. The number of benzene rings is 1. The summed E-state index contributed by atoms with van der Waals surface area (Å²) in [6, 6.07) is 0.870. The van der Waals surface area contributed by atoms with Crippen molar-refractivity contribution in [2.75, 3.05) is 13.2 Å². The number of hydrogen-bond acceptors (Lipinski definition) is 3. The molecule has 22 heavy (non-hydrogen) atoms. The van der Waals surface area contributed by atoms with Crippen LogP contribution in [0.15, 0.2) is 17.0 Å². The second-order valence-corrected chi connectivity index (χ2v) is 7.33. The van der Waals surface area contributed by atoms with Crippen LogP contribution in [0.2, 0.25) is 0 Å². The molecule has 0 saturated carbocycles. The highest BCUT2D eigenvalue weighted by Crippen LogP contribution is 2.19. The summed E-state index contributed by atoms with van der Waals surface area (Å²) in [4.78, 5) is -0.670. The van der Waals surface area contributed by atoms with Gasteiger partial charge in [-0.2, -0.15) is 0 Å². The van der Waals surface area contributed by atoms with Gasteiger partial charge in [0.25, 0.3) is 0 Å². The number of hydrogen-bond donors (Lipinski definition) is 2. The maximum atomic E-state index is 13.1. The molecule has 2 N–H and O–H groups in total. The number of sulfonamides is 1. The minimum Gasteiger partial charge on any atom is -0.396 e.